The van der Waals surface area contributed by atoms with Gasteiger partial charge in [0, 0.05) is 24.7 Å². The van der Waals surface area contributed by atoms with Crippen molar-refractivity contribution >= 4 is 17.4 Å². The van der Waals surface area contributed by atoms with Gasteiger partial charge in [-0.2, -0.15) is 0 Å². The molecule has 1 aromatic carbocycles. The van der Waals surface area contributed by atoms with Crippen molar-refractivity contribution in [3.8, 4) is 17.1 Å². The number of carbonyl (C=O) groups is 1. The maximum atomic E-state index is 14.5. The molecule has 33 heavy (non-hydrogen) atoms. The van der Waals surface area contributed by atoms with Crippen LogP contribution in [0.3, 0.4) is 0 Å². The van der Waals surface area contributed by atoms with Crippen molar-refractivity contribution in [3.63, 3.8) is 0 Å². The molecule has 1 fully saturated rings. The van der Waals surface area contributed by atoms with Gasteiger partial charge < -0.3 is 15.0 Å². The van der Waals surface area contributed by atoms with Gasteiger partial charge in [0.15, 0.2) is 11.6 Å². The largest absolute Gasteiger partial charge is 0.479 e. The van der Waals surface area contributed by atoms with Crippen molar-refractivity contribution in [2.75, 3.05) is 30.4 Å². The molecule has 1 aliphatic rings. The first-order valence-electron chi connectivity index (χ1n) is 9.62. The number of aromatic nitrogens is 3. The number of anilines is 2. The lowest BCUT2D eigenvalue weighted by Crippen LogP contribution is -2.27. The van der Waals surface area contributed by atoms with Crippen LogP contribution < -0.4 is 15.0 Å². The molecule has 0 unspecified atom stereocenters. The summed E-state index contributed by atoms with van der Waals surface area (Å²) in [5, 5.41) is 2.42. The van der Waals surface area contributed by atoms with Gasteiger partial charge in [0.05, 0.1) is 19.2 Å². The van der Waals surface area contributed by atoms with Crippen LogP contribution in [0.4, 0.5) is 33.5 Å². The Labute approximate surface area is 184 Å². The fraction of sp³-hybridized carbons (Fsp3) is 0.238. The second-order valence-electron chi connectivity index (χ2n) is 7.24. The number of carbonyl (C=O) groups excluding carboxylic acids is 1. The van der Waals surface area contributed by atoms with Gasteiger partial charge in [0.25, 0.3) is 11.8 Å². The van der Waals surface area contributed by atoms with Gasteiger partial charge in [0.2, 0.25) is 5.88 Å². The average Bonchev–Trinajstić information content (AvgIpc) is 3.15. The third-order valence-corrected chi connectivity index (χ3v) is 4.98. The van der Waals surface area contributed by atoms with E-state index in [4.69, 9.17) is 4.74 Å². The predicted octanol–water partition coefficient (Wildman–Crippen LogP) is 4.06. The number of amides is 1. The van der Waals surface area contributed by atoms with Crippen molar-refractivity contribution in [2.45, 2.75) is 12.3 Å². The van der Waals surface area contributed by atoms with E-state index in [2.05, 4.69) is 20.3 Å². The number of methoxy groups -OCH3 is 1. The van der Waals surface area contributed by atoms with Crippen molar-refractivity contribution < 1.29 is 31.5 Å². The van der Waals surface area contributed by atoms with Crippen LogP contribution in [0.2, 0.25) is 0 Å². The highest BCUT2D eigenvalue weighted by Crippen LogP contribution is 2.38. The van der Waals surface area contributed by atoms with Crippen LogP contribution in [-0.2, 0) is 0 Å². The van der Waals surface area contributed by atoms with Crippen LogP contribution in [0.1, 0.15) is 16.8 Å². The molecule has 12 heteroatoms. The van der Waals surface area contributed by atoms with E-state index in [0.29, 0.717) is 0 Å². The fourth-order valence-corrected chi connectivity index (χ4v) is 3.42. The Morgan fingerprint density at radius 1 is 1.12 bits per heavy atom. The van der Waals surface area contributed by atoms with Gasteiger partial charge in [-0.05, 0) is 24.3 Å². The standard InChI is InChI=1S/C21H16F5N5O2/c1-33-20-15(24)6-11(8-27-20)19(32)30-17-16(13-7-12(22)2-3-14(13)23)28-10-29-18(17)31-5-4-21(25,26)9-31/h2-3,6-8,10H,4-5,9H2,1H3,(H,30,32). The fourth-order valence-electron chi connectivity index (χ4n) is 3.42. The molecular weight excluding hydrogens is 449 g/mol. The zero-order chi connectivity index (χ0) is 23.8. The van der Waals surface area contributed by atoms with Crippen LogP contribution in [0.25, 0.3) is 11.3 Å². The zero-order valence-electron chi connectivity index (χ0n) is 17.1. The van der Waals surface area contributed by atoms with E-state index in [1.165, 1.54) is 12.0 Å². The topological polar surface area (TPSA) is 80.2 Å². The molecule has 1 amide bonds. The Balaban J connectivity index is 1.81. The number of halogens is 5. The molecule has 0 aliphatic carbocycles. The van der Waals surface area contributed by atoms with Crippen LogP contribution in [-0.4, -0.2) is 47.0 Å². The summed E-state index contributed by atoms with van der Waals surface area (Å²) < 4.78 is 74.8. The highest BCUT2D eigenvalue weighted by molar-refractivity contribution is 6.07. The lowest BCUT2D eigenvalue weighted by Gasteiger charge is -2.22. The molecule has 0 saturated carbocycles. The molecule has 172 valence electrons. The van der Waals surface area contributed by atoms with Gasteiger partial charge in [-0.3, -0.25) is 4.79 Å². The molecule has 0 atom stereocenters. The minimum absolute atomic E-state index is 0.101. The summed E-state index contributed by atoms with van der Waals surface area (Å²) in [7, 11) is 1.20. The van der Waals surface area contributed by atoms with Crippen LogP contribution in [0.5, 0.6) is 5.88 Å². The molecule has 0 bridgehead atoms. The summed E-state index contributed by atoms with van der Waals surface area (Å²) in [5.74, 6) is -6.90. The molecule has 7 nitrogen and oxygen atoms in total. The second-order valence-corrected chi connectivity index (χ2v) is 7.24. The zero-order valence-corrected chi connectivity index (χ0v) is 17.1. The number of hydrogen-bond acceptors (Lipinski definition) is 6. The van der Waals surface area contributed by atoms with Crippen molar-refractivity contribution in [1.29, 1.82) is 0 Å². The van der Waals surface area contributed by atoms with Gasteiger partial charge in [-0.25, -0.2) is 36.9 Å². The molecule has 2 aromatic heterocycles. The molecule has 1 saturated heterocycles. The summed E-state index contributed by atoms with van der Waals surface area (Å²) in [6.07, 6.45) is 1.57. The first-order chi connectivity index (χ1) is 15.7. The molecule has 1 N–H and O–H groups in total. The Morgan fingerprint density at radius 2 is 1.91 bits per heavy atom. The number of nitrogens with one attached hydrogen (secondary N) is 1. The summed E-state index contributed by atoms with van der Waals surface area (Å²) in [6.45, 7) is -0.798. The first kappa shape index (κ1) is 22.4. The van der Waals surface area contributed by atoms with Crippen LogP contribution >= 0.6 is 0 Å². The molecule has 0 spiro atoms. The van der Waals surface area contributed by atoms with Gasteiger partial charge in [0.1, 0.15) is 29.3 Å². The van der Waals surface area contributed by atoms with Gasteiger partial charge in [-0.1, -0.05) is 0 Å². The van der Waals surface area contributed by atoms with E-state index >= 15 is 0 Å². The summed E-state index contributed by atoms with van der Waals surface area (Å²) in [6, 6.07) is 3.47. The molecule has 1 aliphatic heterocycles. The predicted molar refractivity (Wildman–Crippen MR) is 108 cm³/mol. The maximum Gasteiger partial charge on any atom is 0.266 e. The van der Waals surface area contributed by atoms with Crippen molar-refractivity contribution in [3.05, 3.63) is 59.8 Å². The normalized spacial score (nSPS) is 14.9. The minimum Gasteiger partial charge on any atom is -0.479 e. The van der Waals surface area contributed by atoms with Crippen LogP contribution in [0, 0.1) is 17.5 Å². The van der Waals surface area contributed by atoms with E-state index in [1.807, 2.05) is 0 Å². The van der Waals surface area contributed by atoms with Crippen molar-refractivity contribution in [1.82, 2.24) is 15.0 Å². The Bertz CT molecular complexity index is 1220. The Morgan fingerprint density at radius 3 is 2.58 bits per heavy atom. The van der Waals surface area contributed by atoms with E-state index in [-0.39, 0.29) is 40.8 Å². The number of alkyl halides is 2. The monoisotopic (exact) mass is 465 g/mol. The second kappa shape index (κ2) is 8.60. The van der Waals surface area contributed by atoms with E-state index in [1.54, 1.807) is 0 Å². The smallest absolute Gasteiger partial charge is 0.266 e. The summed E-state index contributed by atoms with van der Waals surface area (Å²) >= 11 is 0. The van der Waals surface area contributed by atoms with Crippen molar-refractivity contribution in [2.24, 2.45) is 0 Å². The third kappa shape index (κ3) is 4.54. The number of nitrogens with zero attached hydrogens (tertiary/aromatic N) is 4. The number of hydrogen-bond donors (Lipinski definition) is 1. The van der Waals surface area contributed by atoms with E-state index in [9.17, 15) is 26.7 Å². The molecular formula is C21H16F5N5O2. The van der Waals surface area contributed by atoms with E-state index in [0.717, 1.165) is 36.8 Å². The molecule has 3 heterocycles. The van der Waals surface area contributed by atoms with Gasteiger partial charge in [-0.15, -0.1) is 0 Å². The third-order valence-electron chi connectivity index (χ3n) is 4.98. The highest BCUT2D eigenvalue weighted by Gasteiger charge is 2.40. The first-order valence-corrected chi connectivity index (χ1v) is 9.62. The number of rotatable bonds is 5. The van der Waals surface area contributed by atoms with Crippen LogP contribution in [0.15, 0.2) is 36.8 Å². The quantitative estimate of drug-likeness (QED) is 0.573. The number of benzene rings is 1. The summed E-state index contributed by atoms with van der Waals surface area (Å²) in [4.78, 5) is 25.7. The number of ether oxygens (including phenoxy) is 1. The molecule has 0 radical (unpaired) electrons. The maximum absolute atomic E-state index is 14.5. The minimum atomic E-state index is -3.00. The van der Waals surface area contributed by atoms with Gasteiger partial charge >= 0.3 is 0 Å². The molecule has 4 rings (SSSR count). The highest BCUT2D eigenvalue weighted by atomic mass is 19.3. The Hall–Kier alpha value is -3.83. The number of pyridine rings is 1. The SMILES string of the molecule is COc1ncc(C(=O)Nc2c(-c3cc(F)ccc3F)ncnc2N2CCC(F)(F)C2)cc1F. The molecule has 3 aromatic rings. The van der Waals surface area contributed by atoms with E-state index < -0.39 is 42.2 Å². The Kier molecular flexibility index (Phi) is 5.83. The average molecular weight is 465 g/mol. The lowest BCUT2D eigenvalue weighted by atomic mass is 10.1. The summed E-state index contributed by atoms with van der Waals surface area (Å²) in [5.41, 5.74) is -1.03. The lowest BCUT2D eigenvalue weighted by molar-refractivity contribution is 0.0257.